The van der Waals surface area contributed by atoms with E-state index < -0.39 is 5.92 Å². The maximum Gasteiger partial charge on any atom is 0.171 e. The molecule has 0 saturated carbocycles. The third-order valence-corrected chi connectivity index (χ3v) is 4.23. The van der Waals surface area contributed by atoms with Gasteiger partial charge in [-0.25, -0.2) is 0 Å². The molecule has 0 heterocycles. The summed E-state index contributed by atoms with van der Waals surface area (Å²) in [4.78, 5) is 12.6. The number of ketones is 1. The number of Topliss-reactive ketones (excluding diaryl/α,β-unsaturated/α-hetero) is 1. The number of rotatable bonds is 4. The van der Waals surface area contributed by atoms with Gasteiger partial charge in [-0.3, -0.25) is 4.79 Å². The highest BCUT2D eigenvalue weighted by Crippen LogP contribution is 2.28. The van der Waals surface area contributed by atoms with E-state index in [2.05, 4.69) is 22.0 Å². The largest absolute Gasteiger partial charge is 0.293 e. The number of benzene rings is 2. The average molecular weight is 349 g/mol. The van der Waals surface area contributed by atoms with E-state index in [0.29, 0.717) is 15.1 Å². The Labute approximate surface area is 131 Å². The number of carbonyl (C=O) groups excluding carboxylic acids is 1. The van der Waals surface area contributed by atoms with Crippen LogP contribution in [0.2, 0.25) is 5.02 Å². The first-order chi connectivity index (χ1) is 9.63. The first-order valence-electron chi connectivity index (χ1n) is 6.04. The van der Waals surface area contributed by atoms with Crippen molar-refractivity contribution in [2.75, 3.05) is 0 Å². The molecular weight excluding hydrogens is 338 g/mol. The Kier molecular flexibility index (Phi) is 4.94. The van der Waals surface area contributed by atoms with Gasteiger partial charge in [-0.15, -0.1) is 0 Å². The monoisotopic (exact) mass is 347 g/mol. The minimum atomic E-state index is -0.450. The number of nitrogens with zero attached hydrogens (tertiary/aromatic N) is 1. The molecule has 0 spiro atoms. The second-order valence-electron chi connectivity index (χ2n) is 4.32. The quantitative estimate of drug-likeness (QED) is 0.731. The van der Waals surface area contributed by atoms with Crippen LogP contribution in [-0.2, 0) is 0 Å². The van der Waals surface area contributed by atoms with Crippen LogP contribution in [0, 0.1) is 11.3 Å². The van der Waals surface area contributed by atoms with Crippen molar-refractivity contribution >= 4 is 33.3 Å². The van der Waals surface area contributed by atoms with Crippen LogP contribution < -0.4 is 0 Å². The minimum Gasteiger partial charge on any atom is -0.293 e. The van der Waals surface area contributed by atoms with Crippen LogP contribution in [0.5, 0.6) is 0 Å². The molecule has 0 aliphatic carbocycles. The van der Waals surface area contributed by atoms with E-state index in [1.54, 1.807) is 18.2 Å². The molecule has 0 radical (unpaired) electrons. The van der Waals surface area contributed by atoms with Crippen molar-refractivity contribution in [1.82, 2.24) is 0 Å². The van der Waals surface area contributed by atoms with Crippen molar-refractivity contribution in [2.45, 2.75) is 12.3 Å². The fraction of sp³-hybridized carbons (Fsp3) is 0.125. The van der Waals surface area contributed by atoms with E-state index in [4.69, 9.17) is 16.9 Å². The van der Waals surface area contributed by atoms with Crippen LogP contribution in [0.4, 0.5) is 0 Å². The van der Waals surface area contributed by atoms with Crippen LogP contribution in [-0.4, -0.2) is 5.78 Å². The van der Waals surface area contributed by atoms with Gasteiger partial charge in [0.2, 0.25) is 0 Å². The van der Waals surface area contributed by atoms with E-state index in [1.165, 1.54) is 0 Å². The van der Waals surface area contributed by atoms with Crippen molar-refractivity contribution in [3.63, 3.8) is 0 Å². The Bertz CT molecular complexity index is 664. The summed E-state index contributed by atoms with van der Waals surface area (Å²) in [6.45, 7) is 0. The molecule has 0 aromatic heterocycles. The van der Waals surface area contributed by atoms with Crippen molar-refractivity contribution in [3.8, 4) is 6.07 Å². The van der Waals surface area contributed by atoms with Crippen LogP contribution in [0.25, 0.3) is 0 Å². The maximum absolute atomic E-state index is 12.6. The Morgan fingerprint density at radius 2 is 1.95 bits per heavy atom. The van der Waals surface area contributed by atoms with Gasteiger partial charge in [0.1, 0.15) is 0 Å². The Morgan fingerprint density at radius 1 is 1.25 bits per heavy atom. The molecule has 1 unspecified atom stereocenters. The summed E-state index contributed by atoms with van der Waals surface area (Å²) in [7, 11) is 0. The van der Waals surface area contributed by atoms with Crippen LogP contribution >= 0.6 is 27.5 Å². The first-order valence-corrected chi connectivity index (χ1v) is 7.21. The van der Waals surface area contributed by atoms with Gasteiger partial charge in [-0.2, -0.15) is 5.26 Å². The van der Waals surface area contributed by atoms with Crippen molar-refractivity contribution < 1.29 is 4.79 Å². The van der Waals surface area contributed by atoms with E-state index in [-0.39, 0.29) is 12.2 Å². The normalized spacial score (nSPS) is 11.7. The predicted octanol–water partition coefficient (Wildman–Crippen LogP) is 4.98. The molecule has 0 amide bonds. The zero-order valence-electron chi connectivity index (χ0n) is 10.5. The minimum absolute atomic E-state index is 0.0740. The average Bonchev–Trinajstić information content (AvgIpc) is 2.48. The topological polar surface area (TPSA) is 40.9 Å². The van der Waals surface area contributed by atoms with Crippen LogP contribution in [0.15, 0.2) is 53.0 Å². The molecule has 0 aliphatic heterocycles. The Balaban J connectivity index is 2.37. The van der Waals surface area contributed by atoms with Gasteiger partial charge in [0, 0.05) is 16.5 Å². The smallest absolute Gasteiger partial charge is 0.171 e. The molecule has 0 fully saturated rings. The van der Waals surface area contributed by atoms with Crippen LogP contribution in [0.3, 0.4) is 0 Å². The van der Waals surface area contributed by atoms with E-state index in [9.17, 15) is 4.79 Å². The van der Waals surface area contributed by atoms with Gasteiger partial charge < -0.3 is 0 Å². The number of carbonyl (C=O) groups is 1. The highest BCUT2D eigenvalue weighted by molar-refractivity contribution is 9.10. The van der Waals surface area contributed by atoms with Gasteiger partial charge in [-0.05, 0) is 39.7 Å². The van der Waals surface area contributed by atoms with E-state index in [1.807, 2.05) is 30.3 Å². The lowest BCUT2D eigenvalue weighted by Crippen LogP contribution is -2.12. The summed E-state index contributed by atoms with van der Waals surface area (Å²) in [5.41, 5.74) is 1.40. The molecule has 0 N–H and O–H groups in total. The molecule has 20 heavy (non-hydrogen) atoms. The molecule has 1 atom stereocenters. The SMILES string of the molecule is N#CCC(C(=O)c1ccc(Cl)c(Br)c1)c1ccccc1. The number of nitriles is 1. The third-order valence-electron chi connectivity index (χ3n) is 3.02. The van der Waals surface area contributed by atoms with Crippen molar-refractivity contribution in [2.24, 2.45) is 0 Å². The summed E-state index contributed by atoms with van der Waals surface area (Å²) < 4.78 is 0.675. The molecule has 0 saturated heterocycles. The van der Waals surface area contributed by atoms with Gasteiger partial charge in [0.15, 0.2) is 5.78 Å². The third kappa shape index (κ3) is 3.27. The summed E-state index contributed by atoms with van der Waals surface area (Å²) in [5.74, 6) is -0.524. The molecule has 4 heteroatoms. The Hall–Kier alpha value is -1.63. The summed E-state index contributed by atoms with van der Waals surface area (Å²) >= 11 is 9.24. The predicted molar refractivity (Wildman–Crippen MR) is 82.9 cm³/mol. The zero-order chi connectivity index (χ0) is 14.5. The maximum atomic E-state index is 12.6. The molecule has 0 bridgehead atoms. The lowest BCUT2D eigenvalue weighted by molar-refractivity contribution is 0.0960. The molecule has 2 aromatic rings. The lowest BCUT2D eigenvalue weighted by Gasteiger charge is -2.13. The first kappa shape index (κ1) is 14.8. The van der Waals surface area contributed by atoms with Gasteiger partial charge >= 0.3 is 0 Å². The fourth-order valence-electron chi connectivity index (χ4n) is 1.99. The standard InChI is InChI=1S/C16H11BrClNO/c17-14-10-12(6-7-15(14)18)16(20)13(8-9-19)11-4-2-1-3-5-11/h1-7,10,13H,8H2. The number of hydrogen-bond acceptors (Lipinski definition) is 2. The lowest BCUT2D eigenvalue weighted by atomic mass is 9.88. The highest BCUT2D eigenvalue weighted by atomic mass is 79.9. The molecule has 2 rings (SSSR count). The second-order valence-corrected chi connectivity index (χ2v) is 5.58. The second kappa shape index (κ2) is 6.69. The van der Waals surface area contributed by atoms with Gasteiger partial charge in [0.25, 0.3) is 0 Å². The van der Waals surface area contributed by atoms with Crippen molar-refractivity contribution in [3.05, 3.63) is 69.2 Å². The van der Waals surface area contributed by atoms with Gasteiger partial charge in [-0.1, -0.05) is 41.9 Å². The van der Waals surface area contributed by atoms with Gasteiger partial charge in [0.05, 0.1) is 17.0 Å². The zero-order valence-corrected chi connectivity index (χ0v) is 12.9. The summed E-state index contributed by atoms with van der Waals surface area (Å²) in [6, 6.07) is 16.5. The number of hydrogen-bond donors (Lipinski definition) is 0. The summed E-state index contributed by atoms with van der Waals surface area (Å²) in [5, 5.41) is 9.51. The Morgan fingerprint density at radius 3 is 2.55 bits per heavy atom. The highest BCUT2D eigenvalue weighted by Gasteiger charge is 2.22. The van der Waals surface area contributed by atoms with E-state index in [0.717, 1.165) is 5.56 Å². The fourth-order valence-corrected chi connectivity index (χ4v) is 2.49. The van der Waals surface area contributed by atoms with Crippen molar-refractivity contribution in [1.29, 1.82) is 5.26 Å². The number of halogens is 2. The molecule has 0 aliphatic rings. The summed E-state index contributed by atoms with van der Waals surface area (Å²) in [6.07, 6.45) is 0.156. The van der Waals surface area contributed by atoms with Crippen LogP contribution in [0.1, 0.15) is 28.3 Å². The molecule has 2 nitrogen and oxygen atoms in total. The molecular formula is C16H11BrClNO. The molecule has 100 valence electrons. The molecule has 2 aromatic carbocycles. The van der Waals surface area contributed by atoms with E-state index >= 15 is 0 Å².